The summed E-state index contributed by atoms with van der Waals surface area (Å²) in [6.45, 7) is 2.41. The Hall–Kier alpha value is -0.770. The van der Waals surface area contributed by atoms with Crippen molar-refractivity contribution in [1.29, 1.82) is 0 Å². The van der Waals surface area contributed by atoms with Crippen molar-refractivity contribution in [2.45, 2.75) is 44.6 Å². The molecule has 16 heavy (non-hydrogen) atoms. The van der Waals surface area contributed by atoms with Gasteiger partial charge in [-0.2, -0.15) is 0 Å². The minimum atomic E-state index is -0.215. The van der Waals surface area contributed by atoms with Gasteiger partial charge in [-0.05, 0) is 25.7 Å². The lowest BCUT2D eigenvalue weighted by atomic mass is 9.86. The van der Waals surface area contributed by atoms with Crippen LogP contribution in [0.3, 0.4) is 0 Å². The first kappa shape index (κ1) is 11.7. The van der Waals surface area contributed by atoms with Crippen LogP contribution in [0.5, 0.6) is 0 Å². The number of aliphatic hydroxyl groups is 1. The van der Waals surface area contributed by atoms with Crippen molar-refractivity contribution in [3.05, 3.63) is 0 Å². The normalized spacial score (nSPS) is 30.4. The number of carbonyl (C=O) groups is 1. The number of likely N-dealkylation sites (tertiary alicyclic amines) is 1. The highest BCUT2D eigenvalue weighted by molar-refractivity contribution is 5.74. The second-order valence-corrected chi connectivity index (χ2v) is 4.99. The molecule has 1 saturated heterocycles. The number of aliphatic hydroxyl groups excluding tert-OH is 1. The van der Waals surface area contributed by atoms with Crippen LogP contribution >= 0.6 is 0 Å². The molecule has 2 unspecified atom stereocenters. The Morgan fingerprint density at radius 2 is 1.88 bits per heavy atom. The summed E-state index contributed by atoms with van der Waals surface area (Å²) in [5.41, 5.74) is 0. The van der Waals surface area contributed by atoms with Gasteiger partial charge in [0.25, 0.3) is 0 Å². The van der Waals surface area contributed by atoms with Crippen LogP contribution in [0.25, 0.3) is 0 Å². The standard InChI is InChI=1S/C12H22N2O2/c15-11-6-2-1-5-10(11)9-13-12(16)14-7-3-4-8-14/h10-11,15H,1-9H2,(H,13,16). The molecule has 0 aromatic heterocycles. The molecular formula is C12H22N2O2. The van der Waals surface area contributed by atoms with Gasteiger partial charge >= 0.3 is 6.03 Å². The molecule has 92 valence electrons. The molecule has 1 heterocycles. The van der Waals surface area contributed by atoms with Crippen LogP contribution in [0.4, 0.5) is 4.79 Å². The highest BCUT2D eigenvalue weighted by atomic mass is 16.3. The monoisotopic (exact) mass is 226 g/mol. The number of hydrogen-bond acceptors (Lipinski definition) is 2. The second kappa shape index (κ2) is 5.53. The van der Waals surface area contributed by atoms with Crippen LogP contribution in [0.2, 0.25) is 0 Å². The number of urea groups is 1. The van der Waals surface area contributed by atoms with E-state index in [0.29, 0.717) is 6.54 Å². The Balaban J connectivity index is 1.71. The SMILES string of the molecule is O=C(NCC1CCCCC1O)N1CCCC1. The lowest BCUT2D eigenvalue weighted by molar-refractivity contribution is 0.0701. The number of rotatable bonds is 2. The molecule has 1 aliphatic heterocycles. The molecular weight excluding hydrogens is 204 g/mol. The van der Waals surface area contributed by atoms with Crippen LogP contribution in [0, 0.1) is 5.92 Å². The molecule has 1 aliphatic carbocycles. The van der Waals surface area contributed by atoms with Crippen molar-refractivity contribution < 1.29 is 9.90 Å². The maximum atomic E-state index is 11.7. The zero-order chi connectivity index (χ0) is 11.4. The zero-order valence-electron chi connectivity index (χ0n) is 9.82. The van der Waals surface area contributed by atoms with Crippen molar-refractivity contribution >= 4 is 6.03 Å². The summed E-state index contributed by atoms with van der Waals surface area (Å²) in [5, 5.41) is 12.7. The topological polar surface area (TPSA) is 52.6 Å². The predicted molar refractivity (Wildman–Crippen MR) is 62.2 cm³/mol. The highest BCUT2D eigenvalue weighted by Gasteiger charge is 2.24. The Kier molecular flexibility index (Phi) is 4.04. The van der Waals surface area contributed by atoms with Crippen LogP contribution in [0.15, 0.2) is 0 Å². The quantitative estimate of drug-likeness (QED) is 0.746. The average molecular weight is 226 g/mol. The van der Waals surface area contributed by atoms with Gasteiger partial charge in [-0.1, -0.05) is 12.8 Å². The highest BCUT2D eigenvalue weighted by Crippen LogP contribution is 2.23. The van der Waals surface area contributed by atoms with Gasteiger partial charge in [0.05, 0.1) is 6.10 Å². The Bertz CT molecular complexity index is 239. The maximum absolute atomic E-state index is 11.7. The third-order valence-corrected chi connectivity index (χ3v) is 3.78. The predicted octanol–water partition coefficient (Wildman–Crippen LogP) is 1.34. The summed E-state index contributed by atoms with van der Waals surface area (Å²) < 4.78 is 0. The van der Waals surface area contributed by atoms with Gasteiger partial charge in [0.2, 0.25) is 0 Å². The molecule has 2 rings (SSSR count). The summed E-state index contributed by atoms with van der Waals surface area (Å²) in [7, 11) is 0. The number of hydrogen-bond donors (Lipinski definition) is 2. The molecule has 1 saturated carbocycles. The average Bonchev–Trinajstić information content (AvgIpc) is 2.81. The van der Waals surface area contributed by atoms with E-state index in [4.69, 9.17) is 0 Å². The van der Waals surface area contributed by atoms with E-state index in [9.17, 15) is 9.90 Å². The minimum absolute atomic E-state index is 0.0512. The molecule has 2 fully saturated rings. The van der Waals surface area contributed by atoms with E-state index in [-0.39, 0.29) is 18.1 Å². The van der Waals surface area contributed by atoms with Gasteiger partial charge in [-0.15, -0.1) is 0 Å². The summed E-state index contributed by atoms with van der Waals surface area (Å²) in [6, 6.07) is 0.0512. The fourth-order valence-corrected chi connectivity index (χ4v) is 2.68. The second-order valence-electron chi connectivity index (χ2n) is 4.99. The number of nitrogens with one attached hydrogen (secondary N) is 1. The molecule has 0 bridgehead atoms. The van der Waals surface area contributed by atoms with Gasteiger partial charge < -0.3 is 15.3 Å². The van der Waals surface area contributed by atoms with Gasteiger partial charge in [-0.25, -0.2) is 4.79 Å². The molecule has 4 heteroatoms. The van der Waals surface area contributed by atoms with Crippen molar-refractivity contribution in [1.82, 2.24) is 10.2 Å². The van der Waals surface area contributed by atoms with Crippen molar-refractivity contribution in [2.75, 3.05) is 19.6 Å². The van der Waals surface area contributed by atoms with E-state index in [1.54, 1.807) is 0 Å². The van der Waals surface area contributed by atoms with E-state index < -0.39 is 0 Å². The van der Waals surface area contributed by atoms with E-state index in [2.05, 4.69) is 5.32 Å². The van der Waals surface area contributed by atoms with E-state index in [1.807, 2.05) is 4.90 Å². The largest absolute Gasteiger partial charge is 0.393 e. The van der Waals surface area contributed by atoms with E-state index in [1.165, 1.54) is 6.42 Å². The summed E-state index contributed by atoms with van der Waals surface area (Å²) in [4.78, 5) is 13.6. The van der Waals surface area contributed by atoms with E-state index in [0.717, 1.165) is 45.2 Å². The molecule has 2 atom stereocenters. The lowest BCUT2D eigenvalue weighted by Crippen LogP contribution is -2.42. The maximum Gasteiger partial charge on any atom is 0.317 e. The van der Waals surface area contributed by atoms with Crippen LogP contribution in [-0.2, 0) is 0 Å². The molecule has 4 nitrogen and oxygen atoms in total. The zero-order valence-corrected chi connectivity index (χ0v) is 9.82. The summed E-state index contributed by atoms with van der Waals surface area (Å²) >= 11 is 0. The van der Waals surface area contributed by atoms with Gasteiger partial charge in [0.15, 0.2) is 0 Å². The number of carbonyl (C=O) groups excluding carboxylic acids is 1. The van der Waals surface area contributed by atoms with Gasteiger partial charge in [-0.3, -0.25) is 0 Å². The first-order valence-corrected chi connectivity index (χ1v) is 6.48. The van der Waals surface area contributed by atoms with Crippen molar-refractivity contribution in [3.8, 4) is 0 Å². The van der Waals surface area contributed by atoms with Gasteiger partial charge in [0.1, 0.15) is 0 Å². The van der Waals surface area contributed by atoms with E-state index >= 15 is 0 Å². The minimum Gasteiger partial charge on any atom is -0.393 e. The molecule has 0 aromatic carbocycles. The molecule has 0 radical (unpaired) electrons. The Morgan fingerprint density at radius 3 is 2.56 bits per heavy atom. The van der Waals surface area contributed by atoms with Crippen LogP contribution in [0.1, 0.15) is 38.5 Å². The molecule has 2 aliphatic rings. The van der Waals surface area contributed by atoms with Crippen LogP contribution < -0.4 is 5.32 Å². The van der Waals surface area contributed by atoms with Crippen molar-refractivity contribution in [2.24, 2.45) is 5.92 Å². The molecule has 0 aromatic rings. The first-order chi connectivity index (χ1) is 7.77. The third kappa shape index (κ3) is 2.88. The third-order valence-electron chi connectivity index (χ3n) is 3.78. The summed E-state index contributed by atoms with van der Waals surface area (Å²) in [5.74, 6) is 0.264. The summed E-state index contributed by atoms with van der Waals surface area (Å²) in [6.07, 6.45) is 6.27. The first-order valence-electron chi connectivity index (χ1n) is 6.48. The van der Waals surface area contributed by atoms with Gasteiger partial charge in [0, 0.05) is 25.6 Å². The fraction of sp³-hybridized carbons (Fsp3) is 0.917. The molecule has 2 amide bonds. The van der Waals surface area contributed by atoms with Crippen LogP contribution in [-0.4, -0.2) is 41.8 Å². The van der Waals surface area contributed by atoms with Crippen molar-refractivity contribution in [3.63, 3.8) is 0 Å². The number of amides is 2. The Morgan fingerprint density at radius 1 is 1.19 bits per heavy atom. The lowest BCUT2D eigenvalue weighted by Gasteiger charge is -2.28. The molecule has 0 spiro atoms. The fourth-order valence-electron chi connectivity index (χ4n) is 2.68. The molecule has 2 N–H and O–H groups in total. The number of nitrogens with zero attached hydrogens (tertiary/aromatic N) is 1. The smallest absolute Gasteiger partial charge is 0.317 e. The Labute approximate surface area is 97.0 Å².